The van der Waals surface area contributed by atoms with Gasteiger partial charge in [0.1, 0.15) is 11.9 Å². The number of hydrogen-bond donors (Lipinski definition) is 1. The zero-order valence-electron chi connectivity index (χ0n) is 10.9. The summed E-state index contributed by atoms with van der Waals surface area (Å²) in [5.74, 6) is 0.420. The van der Waals surface area contributed by atoms with Gasteiger partial charge in [0.25, 0.3) is 0 Å². The summed E-state index contributed by atoms with van der Waals surface area (Å²) in [7, 11) is 1.38. The lowest BCUT2D eigenvalue weighted by molar-refractivity contribution is -0.142. The van der Waals surface area contributed by atoms with Crippen LogP contribution in [0.15, 0.2) is 6.20 Å². The minimum Gasteiger partial charge on any atom is -0.467 e. The molecule has 1 unspecified atom stereocenters. The maximum Gasteiger partial charge on any atom is 0.328 e. The number of anilines is 1. The van der Waals surface area contributed by atoms with E-state index in [0.29, 0.717) is 5.82 Å². The summed E-state index contributed by atoms with van der Waals surface area (Å²) < 4.78 is 4.75. The predicted molar refractivity (Wildman–Crippen MR) is 65.8 cm³/mol. The van der Waals surface area contributed by atoms with Crippen LogP contribution in [0.25, 0.3) is 0 Å². The zero-order valence-corrected chi connectivity index (χ0v) is 10.9. The topological polar surface area (TPSA) is 64.1 Å². The first-order chi connectivity index (χ1) is 7.95. The van der Waals surface area contributed by atoms with E-state index in [-0.39, 0.29) is 11.9 Å². The molecule has 1 N–H and O–H groups in total. The van der Waals surface area contributed by atoms with Crippen molar-refractivity contribution in [1.82, 2.24) is 9.97 Å². The molecule has 0 amide bonds. The third-order valence-corrected chi connectivity index (χ3v) is 2.62. The molecule has 0 aliphatic heterocycles. The summed E-state index contributed by atoms with van der Waals surface area (Å²) in [6.07, 6.45) is 1.63. The molecule has 0 bridgehead atoms. The van der Waals surface area contributed by atoms with Crippen molar-refractivity contribution in [2.45, 2.75) is 33.7 Å². The summed E-state index contributed by atoms with van der Waals surface area (Å²) in [6, 6.07) is -0.406. The van der Waals surface area contributed by atoms with Crippen molar-refractivity contribution in [1.29, 1.82) is 0 Å². The van der Waals surface area contributed by atoms with Crippen LogP contribution in [0.2, 0.25) is 0 Å². The molecule has 0 saturated carbocycles. The fourth-order valence-electron chi connectivity index (χ4n) is 1.40. The van der Waals surface area contributed by atoms with E-state index in [1.54, 1.807) is 6.20 Å². The molecular formula is C12H19N3O2. The van der Waals surface area contributed by atoms with Gasteiger partial charge < -0.3 is 10.1 Å². The Balaban J connectivity index is 2.86. The predicted octanol–water partition coefficient (Wildman–Crippen LogP) is 1.70. The number of hydrogen-bond acceptors (Lipinski definition) is 5. The Morgan fingerprint density at radius 1 is 1.35 bits per heavy atom. The standard InChI is InChI=1S/C12H19N3O2/c1-7(2)11(12(16)17-5)15-10-6-13-8(3)9(4)14-10/h6-7,11H,1-5H3,(H,14,15). The highest BCUT2D eigenvalue weighted by Gasteiger charge is 2.23. The molecule has 1 atom stereocenters. The molecule has 5 nitrogen and oxygen atoms in total. The first-order valence-corrected chi connectivity index (χ1v) is 5.60. The van der Waals surface area contributed by atoms with E-state index in [4.69, 9.17) is 4.74 Å². The second-order valence-corrected chi connectivity index (χ2v) is 4.32. The number of carbonyl (C=O) groups excluding carboxylic acids is 1. The molecule has 0 aliphatic carbocycles. The highest BCUT2D eigenvalue weighted by molar-refractivity contribution is 5.79. The Kier molecular flexibility index (Phi) is 4.43. The highest BCUT2D eigenvalue weighted by Crippen LogP contribution is 2.12. The summed E-state index contributed by atoms with van der Waals surface area (Å²) in [6.45, 7) is 7.68. The molecule has 0 aromatic carbocycles. The van der Waals surface area contributed by atoms with Gasteiger partial charge in [-0.2, -0.15) is 0 Å². The number of aromatic nitrogens is 2. The first kappa shape index (κ1) is 13.4. The van der Waals surface area contributed by atoms with Gasteiger partial charge >= 0.3 is 5.97 Å². The van der Waals surface area contributed by atoms with Gasteiger partial charge in [0.2, 0.25) is 0 Å². The van der Waals surface area contributed by atoms with Gasteiger partial charge in [0.15, 0.2) is 0 Å². The number of esters is 1. The number of methoxy groups -OCH3 is 1. The van der Waals surface area contributed by atoms with E-state index in [1.165, 1.54) is 7.11 Å². The quantitative estimate of drug-likeness (QED) is 0.807. The molecule has 0 fully saturated rings. The number of rotatable bonds is 4. The molecule has 5 heteroatoms. The van der Waals surface area contributed by atoms with Crippen molar-refractivity contribution in [2.75, 3.05) is 12.4 Å². The van der Waals surface area contributed by atoms with Crippen LogP contribution in [0.5, 0.6) is 0 Å². The molecule has 17 heavy (non-hydrogen) atoms. The van der Waals surface area contributed by atoms with Crippen molar-refractivity contribution < 1.29 is 9.53 Å². The highest BCUT2D eigenvalue weighted by atomic mass is 16.5. The van der Waals surface area contributed by atoms with Gasteiger partial charge in [-0.1, -0.05) is 13.8 Å². The third kappa shape index (κ3) is 3.41. The first-order valence-electron chi connectivity index (χ1n) is 5.60. The summed E-state index contributed by atoms with van der Waals surface area (Å²) in [4.78, 5) is 20.1. The van der Waals surface area contributed by atoms with Gasteiger partial charge in [0.05, 0.1) is 24.7 Å². The van der Waals surface area contributed by atoms with Crippen molar-refractivity contribution in [2.24, 2.45) is 5.92 Å². The van der Waals surface area contributed by atoms with Crippen LogP contribution < -0.4 is 5.32 Å². The second-order valence-electron chi connectivity index (χ2n) is 4.32. The Hall–Kier alpha value is -1.65. The lowest BCUT2D eigenvalue weighted by atomic mass is 10.1. The van der Waals surface area contributed by atoms with Crippen molar-refractivity contribution >= 4 is 11.8 Å². The molecule has 94 valence electrons. The maximum atomic E-state index is 11.6. The molecule has 0 saturated heterocycles. The second kappa shape index (κ2) is 5.61. The summed E-state index contributed by atoms with van der Waals surface area (Å²) >= 11 is 0. The van der Waals surface area contributed by atoms with Crippen LogP contribution in [0.4, 0.5) is 5.82 Å². The molecular weight excluding hydrogens is 218 g/mol. The fourth-order valence-corrected chi connectivity index (χ4v) is 1.40. The Labute approximate surface area is 102 Å². The van der Waals surface area contributed by atoms with Crippen LogP contribution in [-0.2, 0) is 9.53 Å². The normalized spacial score (nSPS) is 12.4. The van der Waals surface area contributed by atoms with Gasteiger partial charge in [-0.05, 0) is 19.8 Å². The molecule has 1 heterocycles. The SMILES string of the molecule is COC(=O)C(Nc1cnc(C)c(C)n1)C(C)C. The molecule has 1 aromatic rings. The molecule has 0 spiro atoms. The van der Waals surface area contributed by atoms with Crippen LogP contribution in [0.3, 0.4) is 0 Å². The van der Waals surface area contributed by atoms with Gasteiger partial charge in [0, 0.05) is 0 Å². The number of ether oxygens (including phenoxy) is 1. The molecule has 1 rings (SSSR count). The summed E-state index contributed by atoms with van der Waals surface area (Å²) in [5.41, 5.74) is 1.73. The van der Waals surface area contributed by atoms with Crippen LogP contribution >= 0.6 is 0 Å². The van der Waals surface area contributed by atoms with Crippen molar-refractivity contribution in [3.05, 3.63) is 17.6 Å². The van der Waals surface area contributed by atoms with E-state index in [0.717, 1.165) is 11.4 Å². The number of nitrogens with one attached hydrogen (secondary N) is 1. The zero-order chi connectivity index (χ0) is 13.0. The minimum atomic E-state index is -0.406. The largest absolute Gasteiger partial charge is 0.467 e. The van der Waals surface area contributed by atoms with E-state index in [1.807, 2.05) is 27.7 Å². The number of nitrogens with zero attached hydrogens (tertiary/aromatic N) is 2. The molecule has 0 aliphatic rings. The average molecular weight is 237 g/mol. The number of aryl methyl sites for hydroxylation is 2. The van der Waals surface area contributed by atoms with Crippen molar-refractivity contribution in [3.63, 3.8) is 0 Å². The summed E-state index contributed by atoms with van der Waals surface area (Å²) in [5, 5.41) is 3.05. The van der Waals surface area contributed by atoms with E-state index in [2.05, 4.69) is 15.3 Å². The van der Waals surface area contributed by atoms with Crippen LogP contribution in [-0.4, -0.2) is 29.1 Å². The minimum absolute atomic E-state index is 0.117. The third-order valence-electron chi connectivity index (χ3n) is 2.62. The Bertz CT molecular complexity index is 405. The lowest BCUT2D eigenvalue weighted by Crippen LogP contribution is -2.35. The number of carbonyl (C=O) groups is 1. The lowest BCUT2D eigenvalue weighted by Gasteiger charge is -2.20. The monoisotopic (exact) mass is 237 g/mol. The van der Waals surface area contributed by atoms with Gasteiger partial charge in [-0.15, -0.1) is 0 Å². The molecule has 1 aromatic heterocycles. The van der Waals surface area contributed by atoms with Gasteiger partial charge in [-0.25, -0.2) is 9.78 Å². The average Bonchev–Trinajstić information content (AvgIpc) is 2.29. The van der Waals surface area contributed by atoms with Crippen LogP contribution in [0.1, 0.15) is 25.2 Å². The van der Waals surface area contributed by atoms with Gasteiger partial charge in [-0.3, -0.25) is 4.98 Å². The molecule has 0 radical (unpaired) electrons. The maximum absolute atomic E-state index is 11.6. The van der Waals surface area contributed by atoms with E-state index < -0.39 is 6.04 Å². The van der Waals surface area contributed by atoms with E-state index in [9.17, 15) is 4.79 Å². The van der Waals surface area contributed by atoms with Crippen molar-refractivity contribution in [3.8, 4) is 0 Å². The Morgan fingerprint density at radius 2 is 2.00 bits per heavy atom. The smallest absolute Gasteiger partial charge is 0.328 e. The Morgan fingerprint density at radius 3 is 2.47 bits per heavy atom. The fraction of sp³-hybridized carbons (Fsp3) is 0.583. The van der Waals surface area contributed by atoms with Crippen LogP contribution in [0, 0.1) is 19.8 Å². The van der Waals surface area contributed by atoms with E-state index >= 15 is 0 Å².